The van der Waals surface area contributed by atoms with Crippen LogP contribution in [0.1, 0.15) is 90.9 Å². The molecule has 31 heavy (non-hydrogen) atoms. The van der Waals surface area contributed by atoms with Gasteiger partial charge in [-0.05, 0) is 94.4 Å². The smallest absolute Gasteiger partial charge is 0.306 e. The predicted octanol–water partition coefficient (Wildman–Crippen LogP) is 3.93. The van der Waals surface area contributed by atoms with Gasteiger partial charge in [-0.2, -0.15) is 5.26 Å². The van der Waals surface area contributed by atoms with Crippen LogP contribution in [0.4, 0.5) is 0 Å². The van der Waals surface area contributed by atoms with Crippen LogP contribution in [-0.2, 0) is 14.3 Å². The summed E-state index contributed by atoms with van der Waals surface area (Å²) in [6.07, 6.45) is 10.6. The van der Waals surface area contributed by atoms with Gasteiger partial charge in [-0.1, -0.05) is 13.3 Å². The summed E-state index contributed by atoms with van der Waals surface area (Å²) in [4.78, 5) is 27.9. The van der Waals surface area contributed by atoms with E-state index in [0.717, 1.165) is 57.8 Å². The van der Waals surface area contributed by atoms with Crippen LogP contribution in [0.5, 0.6) is 0 Å². The molecule has 0 spiro atoms. The Morgan fingerprint density at radius 2 is 1.81 bits per heavy atom. The molecule has 5 aliphatic rings. The van der Waals surface area contributed by atoms with Crippen molar-refractivity contribution in [1.82, 2.24) is 4.90 Å². The number of nitriles is 1. The van der Waals surface area contributed by atoms with Gasteiger partial charge in [-0.15, -0.1) is 0 Å². The highest BCUT2D eigenvalue weighted by Crippen LogP contribution is 2.64. The fraction of sp³-hybridized carbons (Fsp3) is 0.880. The monoisotopic (exact) mass is 429 g/mol. The Bertz CT molecular complexity index is 731. The molecule has 4 saturated carbocycles. The lowest BCUT2D eigenvalue weighted by molar-refractivity contribution is -0.203. The SMILES string of the molecule is CC1CC(C#N)N(C(=O)CC23CC4CC(C2)CC(OC(=O)CCCCCN)(C4)C3)[C@H]1C. The van der Waals surface area contributed by atoms with Gasteiger partial charge in [0.25, 0.3) is 0 Å². The molecule has 5 fully saturated rings. The molecule has 0 aromatic carbocycles. The van der Waals surface area contributed by atoms with E-state index in [1.165, 1.54) is 6.42 Å². The molecule has 4 bridgehead atoms. The molecule has 1 amide bonds. The average Bonchev–Trinajstić information content (AvgIpc) is 2.97. The van der Waals surface area contributed by atoms with E-state index >= 15 is 0 Å². The minimum absolute atomic E-state index is 0.0629. The van der Waals surface area contributed by atoms with Crippen molar-refractivity contribution in [3.63, 3.8) is 0 Å². The zero-order valence-electron chi connectivity index (χ0n) is 19.3. The third kappa shape index (κ3) is 4.49. The van der Waals surface area contributed by atoms with E-state index in [9.17, 15) is 14.9 Å². The van der Waals surface area contributed by atoms with Crippen molar-refractivity contribution in [2.24, 2.45) is 28.9 Å². The second kappa shape index (κ2) is 8.73. The summed E-state index contributed by atoms with van der Waals surface area (Å²) in [6.45, 7) is 4.88. The molecular formula is C25H39N3O3. The van der Waals surface area contributed by atoms with Gasteiger partial charge in [0, 0.05) is 18.9 Å². The Morgan fingerprint density at radius 1 is 1.10 bits per heavy atom. The Balaban J connectivity index is 1.44. The molecule has 5 atom stereocenters. The molecule has 0 aromatic rings. The maximum Gasteiger partial charge on any atom is 0.306 e. The number of unbranched alkanes of at least 4 members (excludes halogenated alkanes) is 2. The van der Waals surface area contributed by atoms with E-state index in [1.54, 1.807) is 0 Å². The van der Waals surface area contributed by atoms with E-state index in [0.29, 0.717) is 37.1 Å². The second-order valence-electron chi connectivity index (χ2n) is 11.3. The molecule has 6 nitrogen and oxygen atoms in total. The molecule has 0 radical (unpaired) electrons. The molecule has 5 rings (SSSR count). The summed E-state index contributed by atoms with van der Waals surface area (Å²) >= 11 is 0. The summed E-state index contributed by atoms with van der Waals surface area (Å²) in [6, 6.07) is 2.17. The number of amides is 1. The second-order valence-corrected chi connectivity index (χ2v) is 11.3. The van der Waals surface area contributed by atoms with Crippen molar-refractivity contribution in [3.8, 4) is 6.07 Å². The minimum Gasteiger partial charge on any atom is -0.459 e. The van der Waals surface area contributed by atoms with E-state index in [2.05, 4.69) is 19.9 Å². The Hall–Kier alpha value is -1.61. The standard InChI is InChI=1S/C25H39N3O3/c1-17-8-21(15-27)28(18(17)2)22(29)14-24-10-19-9-20(11-24)13-25(12-19,16-24)31-23(30)6-4-3-5-7-26/h17-21H,3-14,16,26H2,1-2H3/t17?,18-,19?,20?,21?,24?,25?/m0/s1. The van der Waals surface area contributed by atoms with Crippen molar-refractivity contribution in [1.29, 1.82) is 5.26 Å². The lowest BCUT2D eigenvalue weighted by Crippen LogP contribution is -2.58. The molecule has 4 unspecified atom stereocenters. The van der Waals surface area contributed by atoms with Crippen LogP contribution >= 0.6 is 0 Å². The van der Waals surface area contributed by atoms with Crippen molar-refractivity contribution >= 4 is 11.9 Å². The van der Waals surface area contributed by atoms with Crippen molar-refractivity contribution in [2.45, 2.75) is 109 Å². The highest BCUT2D eigenvalue weighted by Gasteiger charge is 2.60. The molecule has 0 aromatic heterocycles. The fourth-order valence-corrected chi connectivity index (χ4v) is 7.72. The number of ether oxygens (including phenoxy) is 1. The zero-order valence-corrected chi connectivity index (χ0v) is 19.3. The Morgan fingerprint density at radius 3 is 2.45 bits per heavy atom. The van der Waals surface area contributed by atoms with E-state index in [4.69, 9.17) is 10.5 Å². The number of hydrogen-bond acceptors (Lipinski definition) is 5. The largest absolute Gasteiger partial charge is 0.459 e. The minimum atomic E-state index is -0.367. The van der Waals surface area contributed by atoms with Crippen LogP contribution in [0, 0.1) is 34.5 Å². The summed E-state index contributed by atoms with van der Waals surface area (Å²) in [5, 5.41) is 9.59. The first kappa shape index (κ1) is 22.6. The highest BCUT2D eigenvalue weighted by atomic mass is 16.6. The first-order chi connectivity index (χ1) is 14.8. The molecule has 6 heteroatoms. The van der Waals surface area contributed by atoms with Crippen LogP contribution in [0.2, 0.25) is 0 Å². The van der Waals surface area contributed by atoms with Gasteiger partial charge >= 0.3 is 5.97 Å². The van der Waals surface area contributed by atoms with Gasteiger partial charge < -0.3 is 15.4 Å². The number of nitrogens with two attached hydrogens (primary N) is 1. The normalized spacial score (nSPS) is 40.7. The molecular weight excluding hydrogens is 390 g/mol. The first-order valence-corrected chi connectivity index (χ1v) is 12.4. The van der Waals surface area contributed by atoms with Gasteiger partial charge in [0.1, 0.15) is 11.6 Å². The van der Waals surface area contributed by atoms with E-state index < -0.39 is 0 Å². The predicted molar refractivity (Wildman–Crippen MR) is 118 cm³/mol. The van der Waals surface area contributed by atoms with Gasteiger partial charge in [0.15, 0.2) is 0 Å². The summed E-state index contributed by atoms with van der Waals surface area (Å²) in [7, 11) is 0. The van der Waals surface area contributed by atoms with Crippen LogP contribution in [0.15, 0.2) is 0 Å². The van der Waals surface area contributed by atoms with E-state index in [-0.39, 0.29) is 35.0 Å². The molecule has 1 heterocycles. The summed E-state index contributed by atoms with van der Waals surface area (Å²) in [5.41, 5.74) is 5.12. The summed E-state index contributed by atoms with van der Waals surface area (Å²) in [5.74, 6) is 1.53. The highest BCUT2D eigenvalue weighted by molar-refractivity contribution is 5.78. The maximum absolute atomic E-state index is 13.4. The quantitative estimate of drug-likeness (QED) is 0.466. The lowest BCUT2D eigenvalue weighted by Gasteiger charge is -2.61. The molecule has 1 saturated heterocycles. The Labute approximate surface area is 186 Å². The lowest BCUT2D eigenvalue weighted by atomic mass is 9.47. The van der Waals surface area contributed by atoms with Crippen molar-refractivity contribution in [3.05, 3.63) is 0 Å². The topological polar surface area (TPSA) is 96.4 Å². The first-order valence-electron chi connectivity index (χ1n) is 12.4. The van der Waals surface area contributed by atoms with Crippen LogP contribution in [0.3, 0.4) is 0 Å². The number of nitrogens with zero attached hydrogens (tertiary/aromatic N) is 2. The van der Waals surface area contributed by atoms with Crippen LogP contribution < -0.4 is 5.73 Å². The number of carbonyl (C=O) groups is 2. The third-order valence-corrected chi connectivity index (χ3v) is 8.70. The van der Waals surface area contributed by atoms with Gasteiger partial charge in [-0.3, -0.25) is 9.59 Å². The number of hydrogen-bond donors (Lipinski definition) is 1. The fourth-order valence-electron chi connectivity index (χ4n) is 7.72. The van der Waals surface area contributed by atoms with Crippen LogP contribution in [-0.4, -0.2) is 41.0 Å². The van der Waals surface area contributed by atoms with Gasteiger partial charge in [-0.25, -0.2) is 0 Å². The Kier molecular flexibility index (Phi) is 6.36. The molecule has 172 valence electrons. The van der Waals surface area contributed by atoms with Crippen LogP contribution in [0.25, 0.3) is 0 Å². The molecule has 4 aliphatic carbocycles. The zero-order chi connectivity index (χ0) is 22.2. The summed E-state index contributed by atoms with van der Waals surface area (Å²) < 4.78 is 6.20. The number of carbonyl (C=O) groups excluding carboxylic acids is 2. The molecule has 2 N–H and O–H groups in total. The third-order valence-electron chi connectivity index (χ3n) is 8.70. The average molecular weight is 430 g/mol. The van der Waals surface area contributed by atoms with Gasteiger partial charge in [0.2, 0.25) is 5.91 Å². The van der Waals surface area contributed by atoms with Crippen molar-refractivity contribution in [2.75, 3.05) is 6.54 Å². The maximum atomic E-state index is 13.4. The van der Waals surface area contributed by atoms with Gasteiger partial charge in [0.05, 0.1) is 6.07 Å². The number of esters is 1. The number of rotatable bonds is 8. The van der Waals surface area contributed by atoms with E-state index in [1.807, 2.05) is 4.90 Å². The number of likely N-dealkylation sites (tertiary alicyclic amines) is 1. The molecule has 1 aliphatic heterocycles. The van der Waals surface area contributed by atoms with Crippen molar-refractivity contribution < 1.29 is 14.3 Å².